The predicted octanol–water partition coefficient (Wildman–Crippen LogP) is 1.88. The molecule has 0 spiro atoms. The minimum atomic E-state index is -3.04. The third-order valence-corrected chi connectivity index (χ3v) is 1.22. The summed E-state index contributed by atoms with van der Waals surface area (Å²) in [7, 11) is 0. The Balaban J connectivity index is 3.23. The third kappa shape index (κ3) is 1.46. The van der Waals surface area contributed by atoms with Crippen molar-refractivity contribution in [3.8, 4) is 0 Å². The van der Waals surface area contributed by atoms with Crippen LogP contribution in [0.25, 0.3) is 0 Å². The molecule has 0 radical (unpaired) electrons. The summed E-state index contributed by atoms with van der Waals surface area (Å²) in [4.78, 5) is 2.56. The highest BCUT2D eigenvalue weighted by atomic mass is 19.3. The Morgan fingerprint density at radius 1 is 1.25 bits per heavy atom. The molecule has 0 saturated carbocycles. The zero-order valence-corrected chi connectivity index (χ0v) is 5.69. The van der Waals surface area contributed by atoms with E-state index in [-0.39, 0.29) is 0 Å². The van der Waals surface area contributed by atoms with Crippen molar-refractivity contribution >= 4 is 5.69 Å². The van der Waals surface area contributed by atoms with Crippen LogP contribution >= 0.6 is 0 Å². The van der Waals surface area contributed by atoms with Crippen molar-refractivity contribution < 1.29 is 17.6 Å². The summed E-state index contributed by atoms with van der Waals surface area (Å²) in [6.45, 7) is 0. The van der Waals surface area contributed by atoms with Crippen molar-refractivity contribution in [1.29, 1.82) is 0 Å². The van der Waals surface area contributed by atoms with E-state index in [4.69, 9.17) is 5.73 Å². The van der Waals surface area contributed by atoms with Gasteiger partial charge in [-0.2, -0.15) is 13.8 Å². The monoisotopic (exact) mass is 180 g/mol. The van der Waals surface area contributed by atoms with Gasteiger partial charge in [0.2, 0.25) is 11.9 Å². The van der Waals surface area contributed by atoms with Crippen LogP contribution < -0.4 is 5.73 Å². The Morgan fingerprint density at radius 3 is 2.33 bits per heavy atom. The molecule has 0 fully saturated rings. The number of alkyl halides is 2. The predicted molar refractivity (Wildman–Crippen MR) is 33.5 cm³/mol. The molecule has 2 nitrogen and oxygen atoms in total. The zero-order valence-electron chi connectivity index (χ0n) is 5.69. The van der Waals surface area contributed by atoms with Gasteiger partial charge in [0, 0.05) is 0 Å². The van der Waals surface area contributed by atoms with E-state index in [0.717, 1.165) is 0 Å². The van der Waals surface area contributed by atoms with Crippen LogP contribution in [0.4, 0.5) is 23.2 Å². The fourth-order valence-electron chi connectivity index (χ4n) is 0.655. The van der Waals surface area contributed by atoms with Crippen LogP contribution in [0.5, 0.6) is 0 Å². The van der Waals surface area contributed by atoms with Crippen molar-refractivity contribution in [1.82, 2.24) is 4.98 Å². The second-order valence-corrected chi connectivity index (χ2v) is 2.05. The molecule has 1 aromatic heterocycles. The zero-order chi connectivity index (χ0) is 9.30. The minimum Gasteiger partial charge on any atom is -0.395 e. The van der Waals surface area contributed by atoms with Gasteiger partial charge in [-0.3, -0.25) is 0 Å². The number of rotatable bonds is 1. The first-order chi connectivity index (χ1) is 5.52. The van der Waals surface area contributed by atoms with E-state index >= 15 is 0 Å². The molecule has 0 atom stereocenters. The van der Waals surface area contributed by atoms with Crippen LogP contribution in [0.2, 0.25) is 0 Å². The summed E-state index contributed by atoms with van der Waals surface area (Å²) in [5.74, 6) is -2.81. The first-order valence-corrected chi connectivity index (χ1v) is 2.92. The number of hydrogen-bond donors (Lipinski definition) is 1. The van der Waals surface area contributed by atoms with E-state index in [1.165, 1.54) is 0 Å². The molecule has 0 aliphatic carbocycles. The lowest BCUT2D eigenvalue weighted by Gasteiger charge is -2.02. The highest BCUT2D eigenvalue weighted by molar-refractivity contribution is 5.39. The van der Waals surface area contributed by atoms with Crippen LogP contribution in [0.3, 0.4) is 0 Å². The molecule has 0 saturated heterocycles. The lowest BCUT2D eigenvalue weighted by Crippen LogP contribution is -2.02. The molecule has 0 unspecified atom stereocenters. The summed E-state index contributed by atoms with van der Waals surface area (Å²) >= 11 is 0. The van der Waals surface area contributed by atoms with Crippen LogP contribution in [-0.2, 0) is 0 Å². The molecule has 0 aliphatic rings. The Morgan fingerprint density at radius 2 is 1.83 bits per heavy atom. The standard InChI is InChI=1S/C6H4F4N2/c7-4(8)2-1-3(11)6(10)12-5(2)9/h1,4H,11H2. The van der Waals surface area contributed by atoms with E-state index in [0.29, 0.717) is 6.07 Å². The van der Waals surface area contributed by atoms with Gasteiger partial charge in [-0.15, -0.1) is 0 Å². The van der Waals surface area contributed by atoms with Gasteiger partial charge in [0.25, 0.3) is 6.43 Å². The highest BCUT2D eigenvalue weighted by Gasteiger charge is 2.17. The highest BCUT2D eigenvalue weighted by Crippen LogP contribution is 2.23. The maximum absolute atomic E-state index is 12.4. The fourth-order valence-corrected chi connectivity index (χ4v) is 0.655. The first kappa shape index (κ1) is 8.76. The van der Waals surface area contributed by atoms with Gasteiger partial charge in [0.15, 0.2) is 0 Å². The number of pyridine rings is 1. The summed E-state index contributed by atoms with van der Waals surface area (Å²) < 4.78 is 48.5. The molecule has 0 aliphatic heterocycles. The van der Waals surface area contributed by atoms with Gasteiger partial charge in [-0.25, -0.2) is 8.78 Å². The normalized spacial score (nSPS) is 10.8. The Hall–Kier alpha value is -1.33. The van der Waals surface area contributed by atoms with Crippen LogP contribution in [-0.4, -0.2) is 4.98 Å². The van der Waals surface area contributed by atoms with E-state index in [2.05, 4.69) is 4.98 Å². The molecule has 66 valence electrons. The average molecular weight is 180 g/mol. The Kier molecular flexibility index (Phi) is 2.16. The van der Waals surface area contributed by atoms with E-state index in [9.17, 15) is 17.6 Å². The number of aromatic nitrogens is 1. The lowest BCUT2D eigenvalue weighted by molar-refractivity contribution is 0.145. The molecule has 6 heteroatoms. The molecule has 1 rings (SSSR count). The van der Waals surface area contributed by atoms with Crippen molar-refractivity contribution in [2.24, 2.45) is 0 Å². The molecule has 0 aromatic carbocycles. The fraction of sp³-hybridized carbons (Fsp3) is 0.167. The van der Waals surface area contributed by atoms with Gasteiger partial charge < -0.3 is 5.73 Å². The summed E-state index contributed by atoms with van der Waals surface area (Å²) in [6, 6.07) is 0.530. The number of halogens is 4. The van der Waals surface area contributed by atoms with Crippen LogP contribution in [0, 0.1) is 11.9 Å². The van der Waals surface area contributed by atoms with Crippen molar-refractivity contribution in [2.75, 3.05) is 5.73 Å². The lowest BCUT2D eigenvalue weighted by atomic mass is 10.2. The van der Waals surface area contributed by atoms with Crippen molar-refractivity contribution in [3.05, 3.63) is 23.5 Å². The quantitative estimate of drug-likeness (QED) is 0.529. The minimum absolute atomic E-state index is 0.530. The van der Waals surface area contributed by atoms with Gasteiger partial charge in [0.05, 0.1) is 11.3 Å². The summed E-state index contributed by atoms with van der Waals surface area (Å²) in [5, 5.41) is 0. The summed E-state index contributed by atoms with van der Waals surface area (Å²) in [6.07, 6.45) is -3.04. The maximum atomic E-state index is 12.4. The van der Waals surface area contributed by atoms with E-state index < -0.39 is 29.6 Å². The molecular weight excluding hydrogens is 176 g/mol. The van der Waals surface area contributed by atoms with Gasteiger partial charge >= 0.3 is 0 Å². The van der Waals surface area contributed by atoms with Gasteiger partial charge in [-0.05, 0) is 6.07 Å². The topological polar surface area (TPSA) is 38.9 Å². The molecular formula is C6H4F4N2. The molecule has 12 heavy (non-hydrogen) atoms. The Labute approximate surface area is 65.0 Å². The summed E-state index contributed by atoms with van der Waals surface area (Å²) in [5.41, 5.74) is 3.31. The third-order valence-electron chi connectivity index (χ3n) is 1.22. The number of nitrogens with zero attached hydrogens (tertiary/aromatic N) is 1. The Bertz CT molecular complexity index is 300. The van der Waals surface area contributed by atoms with E-state index in [1.54, 1.807) is 0 Å². The second kappa shape index (κ2) is 2.96. The largest absolute Gasteiger partial charge is 0.395 e. The molecule has 0 amide bonds. The van der Waals surface area contributed by atoms with Crippen molar-refractivity contribution in [3.63, 3.8) is 0 Å². The first-order valence-electron chi connectivity index (χ1n) is 2.92. The molecule has 1 heterocycles. The van der Waals surface area contributed by atoms with Crippen molar-refractivity contribution in [2.45, 2.75) is 6.43 Å². The van der Waals surface area contributed by atoms with Gasteiger partial charge in [0.1, 0.15) is 0 Å². The second-order valence-electron chi connectivity index (χ2n) is 2.05. The molecule has 1 aromatic rings. The van der Waals surface area contributed by atoms with Gasteiger partial charge in [-0.1, -0.05) is 0 Å². The molecule has 0 bridgehead atoms. The molecule has 2 N–H and O–H groups in total. The number of nitrogens with two attached hydrogens (primary N) is 1. The number of hydrogen-bond acceptors (Lipinski definition) is 2. The van der Waals surface area contributed by atoms with E-state index in [1.807, 2.05) is 0 Å². The van der Waals surface area contributed by atoms with Crippen LogP contribution in [0.15, 0.2) is 6.07 Å². The number of nitrogen functional groups attached to an aromatic ring is 1. The smallest absolute Gasteiger partial charge is 0.268 e. The maximum Gasteiger partial charge on any atom is 0.268 e. The number of anilines is 1. The SMILES string of the molecule is Nc1cc(C(F)F)c(F)nc1F. The average Bonchev–Trinajstić information content (AvgIpc) is 1.96. The van der Waals surface area contributed by atoms with Crippen LogP contribution in [0.1, 0.15) is 12.0 Å².